The van der Waals surface area contributed by atoms with Crippen LogP contribution in [0.15, 0.2) is 27.4 Å². The van der Waals surface area contributed by atoms with Gasteiger partial charge in [-0.15, -0.1) is 0 Å². The van der Waals surface area contributed by atoms with Gasteiger partial charge in [0.25, 0.3) is 0 Å². The molecular weight excluding hydrogens is 206 g/mol. The lowest BCUT2D eigenvalue weighted by molar-refractivity contribution is 0.310. The molecule has 0 amide bonds. The number of rotatable bonds is 4. The molecule has 0 atom stereocenters. The molecule has 5 nitrogen and oxygen atoms in total. The molecule has 86 valence electrons. The molecule has 2 rings (SSSR count). The van der Waals surface area contributed by atoms with E-state index >= 15 is 0 Å². The van der Waals surface area contributed by atoms with Crippen molar-refractivity contribution in [1.82, 2.24) is 15.2 Å². The maximum Gasteiger partial charge on any atom is 0.417 e. The predicted molar refractivity (Wildman–Crippen MR) is 62.2 cm³/mol. The summed E-state index contributed by atoms with van der Waals surface area (Å²) >= 11 is 0. The Balaban J connectivity index is 2.22. The first-order chi connectivity index (χ1) is 7.69. The highest BCUT2D eigenvalue weighted by Gasteiger charge is 2.04. The zero-order chi connectivity index (χ0) is 11.5. The maximum atomic E-state index is 11.0. The molecule has 0 aliphatic carbocycles. The van der Waals surface area contributed by atoms with Crippen molar-refractivity contribution in [2.45, 2.75) is 6.54 Å². The van der Waals surface area contributed by atoms with Crippen molar-refractivity contribution in [3.05, 3.63) is 34.3 Å². The second-order valence-electron chi connectivity index (χ2n) is 3.87. The SMILES string of the molecule is CNCN(C)Cc1ccc2[nH]c(=O)oc2c1. The van der Waals surface area contributed by atoms with Crippen LogP contribution >= 0.6 is 0 Å². The first-order valence-corrected chi connectivity index (χ1v) is 5.14. The molecule has 0 radical (unpaired) electrons. The van der Waals surface area contributed by atoms with Crippen LogP contribution in [-0.2, 0) is 6.54 Å². The highest BCUT2D eigenvalue weighted by atomic mass is 16.4. The van der Waals surface area contributed by atoms with E-state index < -0.39 is 5.76 Å². The standard InChI is InChI=1S/C11H15N3O2/c1-12-7-14(2)6-8-3-4-9-10(5-8)16-11(15)13-9/h3-5,12H,6-7H2,1-2H3,(H,13,15). The van der Waals surface area contributed by atoms with Crippen molar-refractivity contribution in [3.63, 3.8) is 0 Å². The zero-order valence-electron chi connectivity index (χ0n) is 9.41. The molecule has 5 heteroatoms. The number of hydrogen-bond donors (Lipinski definition) is 2. The summed E-state index contributed by atoms with van der Waals surface area (Å²) < 4.78 is 5.00. The van der Waals surface area contributed by atoms with Gasteiger partial charge in [0, 0.05) is 13.2 Å². The lowest BCUT2D eigenvalue weighted by Gasteiger charge is -2.15. The summed E-state index contributed by atoms with van der Waals surface area (Å²) in [5, 5.41) is 3.08. The van der Waals surface area contributed by atoms with E-state index in [1.165, 1.54) is 0 Å². The van der Waals surface area contributed by atoms with Gasteiger partial charge < -0.3 is 9.73 Å². The normalized spacial score (nSPS) is 11.4. The Kier molecular flexibility index (Phi) is 3.07. The smallest absolute Gasteiger partial charge is 0.408 e. The molecule has 0 aliphatic rings. The van der Waals surface area contributed by atoms with Gasteiger partial charge in [0.15, 0.2) is 5.58 Å². The van der Waals surface area contributed by atoms with Gasteiger partial charge in [0.05, 0.1) is 5.52 Å². The third kappa shape index (κ3) is 2.32. The van der Waals surface area contributed by atoms with E-state index in [0.717, 1.165) is 24.3 Å². The Hall–Kier alpha value is -1.59. The van der Waals surface area contributed by atoms with Crippen LogP contribution in [0.2, 0.25) is 0 Å². The number of nitrogens with one attached hydrogen (secondary N) is 2. The lowest BCUT2D eigenvalue weighted by atomic mass is 10.2. The molecule has 1 aromatic heterocycles. The van der Waals surface area contributed by atoms with E-state index in [2.05, 4.69) is 15.2 Å². The van der Waals surface area contributed by atoms with Gasteiger partial charge in [-0.25, -0.2) is 4.79 Å². The molecule has 0 saturated carbocycles. The number of hydrogen-bond acceptors (Lipinski definition) is 4. The van der Waals surface area contributed by atoms with Crippen LogP contribution in [0.5, 0.6) is 0 Å². The van der Waals surface area contributed by atoms with Crippen LogP contribution in [0.4, 0.5) is 0 Å². The van der Waals surface area contributed by atoms with Gasteiger partial charge in [-0.05, 0) is 31.8 Å². The van der Waals surface area contributed by atoms with Gasteiger partial charge >= 0.3 is 5.76 Å². The number of H-pyrrole nitrogens is 1. The molecule has 1 aromatic carbocycles. The maximum absolute atomic E-state index is 11.0. The van der Waals surface area contributed by atoms with Crippen LogP contribution < -0.4 is 11.1 Å². The average Bonchev–Trinajstić information content (AvgIpc) is 2.57. The second kappa shape index (κ2) is 4.51. The molecule has 2 N–H and O–H groups in total. The summed E-state index contributed by atoms with van der Waals surface area (Å²) in [6, 6.07) is 5.74. The Bertz CT molecular complexity index is 529. The van der Waals surface area contributed by atoms with E-state index in [4.69, 9.17) is 4.42 Å². The Morgan fingerprint density at radius 1 is 1.50 bits per heavy atom. The van der Waals surface area contributed by atoms with Crippen molar-refractivity contribution >= 4 is 11.1 Å². The quantitative estimate of drug-likeness (QED) is 0.747. The monoisotopic (exact) mass is 221 g/mol. The second-order valence-corrected chi connectivity index (χ2v) is 3.87. The summed E-state index contributed by atoms with van der Waals surface area (Å²) in [5.41, 5.74) is 2.47. The number of oxazole rings is 1. The highest BCUT2D eigenvalue weighted by molar-refractivity contribution is 5.72. The van der Waals surface area contributed by atoms with Gasteiger partial charge in [-0.1, -0.05) is 6.07 Å². The lowest BCUT2D eigenvalue weighted by Crippen LogP contribution is -2.27. The highest BCUT2D eigenvalue weighted by Crippen LogP contribution is 2.13. The van der Waals surface area contributed by atoms with E-state index in [0.29, 0.717) is 5.58 Å². The summed E-state index contributed by atoms with van der Waals surface area (Å²) in [4.78, 5) is 15.7. The van der Waals surface area contributed by atoms with E-state index in [1.807, 2.05) is 32.3 Å². The molecule has 0 unspecified atom stereocenters. The summed E-state index contributed by atoms with van der Waals surface area (Å²) in [5.74, 6) is -0.407. The van der Waals surface area contributed by atoms with E-state index in [9.17, 15) is 4.79 Å². The van der Waals surface area contributed by atoms with Crippen LogP contribution in [0, 0.1) is 0 Å². The van der Waals surface area contributed by atoms with Crippen LogP contribution in [0.3, 0.4) is 0 Å². The van der Waals surface area contributed by atoms with Crippen LogP contribution in [0.1, 0.15) is 5.56 Å². The third-order valence-electron chi connectivity index (χ3n) is 2.37. The predicted octanol–water partition coefficient (Wildman–Crippen LogP) is 0.730. The first-order valence-electron chi connectivity index (χ1n) is 5.14. The number of fused-ring (bicyclic) bond motifs is 1. The fourth-order valence-corrected chi connectivity index (χ4v) is 1.73. The molecule has 0 aliphatic heterocycles. The fourth-order valence-electron chi connectivity index (χ4n) is 1.73. The van der Waals surface area contributed by atoms with Gasteiger partial charge in [-0.3, -0.25) is 9.88 Å². The average molecular weight is 221 g/mol. The Morgan fingerprint density at radius 2 is 2.31 bits per heavy atom. The summed E-state index contributed by atoms with van der Waals surface area (Å²) in [7, 11) is 3.93. The number of nitrogens with zero attached hydrogens (tertiary/aromatic N) is 1. The van der Waals surface area contributed by atoms with Crippen molar-refractivity contribution in [2.24, 2.45) is 0 Å². The number of aromatic nitrogens is 1. The molecule has 16 heavy (non-hydrogen) atoms. The zero-order valence-corrected chi connectivity index (χ0v) is 9.41. The molecule has 0 spiro atoms. The van der Waals surface area contributed by atoms with Crippen molar-refractivity contribution in [2.75, 3.05) is 20.8 Å². The fraction of sp³-hybridized carbons (Fsp3) is 0.364. The molecular formula is C11H15N3O2. The minimum atomic E-state index is -0.407. The minimum absolute atomic E-state index is 0.407. The molecule has 0 fully saturated rings. The topological polar surface area (TPSA) is 61.3 Å². The number of aromatic amines is 1. The van der Waals surface area contributed by atoms with Crippen molar-refractivity contribution in [3.8, 4) is 0 Å². The largest absolute Gasteiger partial charge is 0.417 e. The van der Waals surface area contributed by atoms with Crippen LogP contribution in [-0.4, -0.2) is 30.6 Å². The molecule has 0 saturated heterocycles. The van der Waals surface area contributed by atoms with Crippen LogP contribution in [0.25, 0.3) is 11.1 Å². The van der Waals surface area contributed by atoms with Gasteiger partial charge in [-0.2, -0.15) is 0 Å². The first kappa shape index (κ1) is 10.9. The van der Waals surface area contributed by atoms with Crippen molar-refractivity contribution < 1.29 is 4.42 Å². The van der Waals surface area contributed by atoms with Gasteiger partial charge in [0.1, 0.15) is 0 Å². The third-order valence-corrected chi connectivity index (χ3v) is 2.37. The van der Waals surface area contributed by atoms with E-state index in [-0.39, 0.29) is 0 Å². The number of benzene rings is 1. The summed E-state index contributed by atoms with van der Waals surface area (Å²) in [6.07, 6.45) is 0. The van der Waals surface area contributed by atoms with Gasteiger partial charge in [0.2, 0.25) is 0 Å². The molecule has 1 heterocycles. The Labute approximate surface area is 93.1 Å². The molecule has 2 aromatic rings. The minimum Gasteiger partial charge on any atom is -0.408 e. The summed E-state index contributed by atoms with van der Waals surface area (Å²) in [6.45, 7) is 1.63. The molecule has 0 bridgehead atoms. The Morgan fingerprint density at radius 3 is 3.06 bits per heavy atom. The van der Waals surface area contributed by atoms with Crippen molar-refractivity contribution in [1.29, 1.82) is 0 Å². The van der Waals surface area contributed by atoms with E-state index in [1.54, 1.807) is 0 Å².